The fourth-order valence-electron chi connectivity index (χ4n) is 3.32. The number of aliphatic carboxylic acids is 1. The number of imidazole rings is 1. The molecule has 0 bridgehead atoms. The normalized spacial score (nSPS) is 13.8. The first-order valence-corrected chi connectivity index (χ1v) is 12.1. The molecule has 1 aromatic heterocycles. The Bertz CT molecular complexity index is 1240. The SMILES string of the molecule is CC(C)c1nc(-c2ccccc2)n(-c2ccc(F)cc2)c1C#CP(=O)(O)CC(O)CC(=O)O. The van der Waals surface area contributed by atoms with E-state index in [0.29, 0.717) is 22.9 Å². The van der Waals surface area contributed by atoms with Gasteiger partial charge in [-0.1, -0.05) is 44.2 Å². The lowest BCUT2D eigenvalue weighted by Crippen LogP contribution is -2.17. The molecule has 9 heteroatoms. The molecule has 0 saturated heterocycles. The highest BCUT2D eigenvalue weighted by molar-refractivity contribution is 7.63. The molecule has 0 aliphatic rings. The van der Waals surface area contributed by atoms with Crippen LogP contribution in [-0.2, 0) is 9.36 Å². The highest BCUT2D eigenvalue weighted by Crippen LogP contribution is 2.40. The predicted octanol–water partition coefficient (Wildman–Crippen LogP) is 4.22. The monoisotopic (exact) mass is 470 g/mol. The van der Waals surface area contributed by atoms with Crippen LogP contribution < -0.4 is 0 Å². The number of halogens is 1. The average molecular weight is 470 g/mol. The van der Waals surface area contributed by atoms with Crippen molar-refractivity contribution in [1.82, 2.24) is 9.55 Å². The Labute approximate surface area is 191 Å². The van der Waals surface area contributed by atoms with Crippen LogP contribution in [0.2, 0.25) is 0 Å². The molecule has 0 fully saturated rings. The molecule has 7 nitrogen and oxygen atoms in total. The smallest absolute Gasteiger partial charge is 0.305 e. The number of benzene rings is 2. The van der Waals surface area contributed by atoms with E-state index < -0.39 is 37.8 Å². The third-order valence-electron chi connectivity index (χ3n) is 4.79. The number of carboxylic acid groups (broad SMARTS) is 1. The summed E-state index contributed by atoms with van der Waals surface area (Å²) in [4.78, 5) is 25.8. The Hall–Kier alpha value is -3.24. The van der Waals surface area contributed by atoms with Crippen molar-refractivity contribution >= 4 is 13.3 Å². The van der Waals surface area contributed by atoms with E-state index in [4.69, 9.17) is 10.1 Å². The molecular formula is C24H24FN2O5P. The van der Waals surface area contributed by atoms with Gasteiger partial charge in [-0.25, -0.2) is 9.37 Å². The van der Waals surface area contributed by atoms with E-state index in [2.05, 4.69) is 11.6 Å². The molecular weight excluding hydrogens is 446 g/mol. The average Bonchev–Trinajstić information content (AvgIpc) is 3.12. The second-order valence-electron chi connectivity index (χ2n) is 7.87. The number of carbonyl (C=O) groups is 1. The van der Waals surface area contributed by atoms with Crippen molar-refractivity contribution < 1.29 is 28.9 Å². The Balaban J connectivity index is 2.17. The van der Waals surface area contributed by atoms with Crippen LogP contribution in [0.15, 0.2) is 54.6 Å². The highest BCUT2D eigenvalue weighted by Gasteiger charge is 2.24. The molecule has 2 aromatic carbocycles. The Morgan fingerprint density at radius 3 is 2.36 bits per heavy atom. The summed E-state index contributed by atoms with van der Waals surface area (Å²) in [6, 6.07) is 15.0. The van der Waals surface area contributed by atoms with Crippen LogP contribution in [0.25, 0.3) is 17.1 Å². The fourth-order valence-corrected chi connectivity index (χ4v) is 4.39. The van der Waals surface area contributed by atoms with Crippen molar-refractivity contribution in [2.45, 2.75) is 32.3 Å². The summed E-state index contributed by atoms with van der Waals surface area (Å²) in [7, 11) is -4.18. The van der Waals surface area contributed by atoms with Gasteiger partial charge in [-0.05, 0) is 41.8 Å². The minimum Gasteiger partial charge on any atom is -0.481 e. The summed E-state index contributed by atoms with van der Waals surface area (Å²) in [6.45, 7) is 3.82. The van der Waals surface area contributed by atoms with Gasteiger partial charge in [0.1, 0.15) is 17.3 Å². The molecule has 0 radical (unpaired) electrons. The van der Waals surface area contributed by atoms with E-state index in [0.717, 1.165) is 5.56 Å². The van der Waals surface area contributed by atoms with Gasteiger partial charge in [-0.15, -0.1) is 0 Å². The molecule has 0 saturated carbocycles. The molecule has 33 heavy (non-hydrogen) atoms. The number of hydrogen-bond acceptors (Lipinski definition) is 4. The molecule has 3 rings (SSSR count). The molecule has 0 spiro atoms. The molecule has 0 amide bonds. The summed E-state index contributed by atoms with van der Waals surface area (Å²) in [5.41, 5.74) is 4.62. The first-order valence-electron chi connectivity index (χ1n) is 10.3. The third kappa shape index (κ3) is 6.17. The van der Waals surface area contributed by atoms with E-state index in [1.807, 2.05) is 44.2 Å². The Morgan fingerprint density at radius 1 is 1.15 bits per heavy atom. The zero-order valence-electron chi connectivity index (χ0n) is 18.1. The molecule has 3 N–H and O–H groups in total. The largest absolute Gasteiger partial charge is 0.481 e. The molecule has 1 heterocycles. The molecule has 0 aliphatic carbocycles. The maximum atomic E-state index is 13.6. The topological polar surface area (TPSA) is 113 Å². The predicted molar refractivity (Wildman–Crippen MR) is 123 cm³/mol. The van der Waals surface area contributed by atoms with Gasteiger partial charge < -0.3 is 15.1 Å². The second-order valence-corrected chi connectivity index (χ2v) is 9.87. The zero-order chi connectivity index (χ0) is 24.2. The number of aliphatic hydroxyl groups is 1. The van der Waals surface area contributed by atoms with E-state index in [9.17, 15) is 23.7 Å². The van der Waals surface area contributed by atoms with E-state index in [1.54, 1.807) is 16.7 Å². The minimum absolute atomic E-state index is 0.0888. The van der Waals surface area contributed by atoms with Crippen molar-refractivity contribution in [3.05, 3.63) is 71.8 Å². The third-order valence-corrected chi connectivity index (χ3v) is 6.16. The number of aliphatic hydroxyl groups excluding tert-OH is 1. The Kier molecular flexibility index (Phi) is 7.50. The van der Waals surface area contributed by atoms with Gasteiger partial charge in [0.25, 0.3) is 7.37 Å². The second kappa shape index (κ2) is 10.1. The van der Waals surface area contributed by atoms with Gasteiger partial charge in [0.2, 0.25) is 0 Å². The number of hydrogen-bond donors (Lipinski definition) is 3. The number of carboxylic acids is 1. The quantitative estimate of drug-likeness (QED) is 0.352. The first-order chi connectivity index (χ1) is 15.6. The van der Waals surface area contributed by atoms with Gasteiger partial charge in [0.15, 0.2) is 0 Å². The van der Waals surface area contributed by atoms with Crippen LogP contribution in [0.5, 0.6) is 0 Å². The minimum atomic E-state index is -4.18. The van der Waals surface area contributed by atoms with Crippen LogP contribution >= 0.6 is 7.37 Å². The van der Waals surface area contributed by atoms with Crippen molar-refractivity contribution in [1.29, 1.82) is 0 Å². The van der Waals surface area contributed by atoms with E-state index in [1.165, 1.54) is 12.1 Å². The highest BCUT2D eigenvalue weighted by atomic mass is 31.2. The standard InChI is InChI=1S/C24H24FN2O5P/c1-16(2)23-21(12-13-33(31,32)15-20(28)14-22(29)30)27(19-10-8-18(25)9-11-19)24(26-23)17-6-4-3-5-7-17/h3-11,16,20,28H,14-15H2,1-2H3,(H,29,30)(H,31,32). The lowest BCUT2D eigenvalue weighted by atomic mass is 10.1. The summed E-state index contributed by atoms with van der Waals surface area (Å²) in [5.74, 6) is 1.51. The molecule has 2 atom stereocenters. The first kappa shape index (κ1) is 24.4. The van der Waals surface area contributed by atoms with E-state index >= 15 is 0 Å². The molecule has 2 unspecified atom stereocenters. The van der Waals surface area contributed by atoms with Crippen LogP contribution in [0, 0.1) is 17.4 Å². The summed E-state index contributed by atoms with van der Waals surface area (Å²) >= 11 is 0. The van der Waals surface area contributed by atoms with Gasteiger partial charge >= 0.3 is 5.97 Å². The number of nitrogens with zero attached hydrogens (tertiary/aromatic N) is 2. The number of rotatable bonds is 7. The van der Waals surface area contributed by atoms with E-state index in [-0.39, 0.29) is 5.92 Å². The van der Waals surface area contributed by atoms with Gasteiger partial charge in [0.05, 0.1) is 24.4 Å². The van der Waals surface area contributed by atoms with Crippen molar-refractivity contribution in [3.63, 3.8) is 0 Å². The molecule has 0 aliphatic heterocycles. The van der Waals surface area contributed by atoms with Gasteiger partial charge in [-0.3, -0.25) is 13.9 Å². The van der Waals surface area contributed by atoms with Gasteiger partial charge in [-0.2, -0.15) is 0 Å². The van der Waals surface area contributed by atoms with Crippen LogP contribution in [0.3, 0.4) is 0 Å². The van der Waals surface area contributed by atoms with Crippen molar-refractivity contribution in [2.75, 3.05) is 6.16 Å². The maximum Gasteiger partial charge on any atom is 0.305 e. The maximum absolute atomic E-state index is 13.6. The molecule has 172 valence electrons. The molecule has 3 aromatic rings. The fraction of sp³-hybridized carbons (Fsp3) is 0.250. The van der Waals surface area contributed by atoms with Crippen molar-refractivity contribution in [3.8, 4) is 28.7 Å². The van der Waals surface area contributed by atoms with Crippen LogP contribution in [0.1, 0.15) is 37.6 Å². The van der Waals surface area contributed by atoms with Gasteiger partial charge in [0, 0.05) is 11.3 Å². The summed E-state index contributed by atoms with van der Waals surface area (Å²) in [5, 5.41) is 18.5. The van der Waals surface area contributed by atoms with Crippen molar-refractivity contribution in [2.24, 2.45) is 0 Å². The summed E-state index contributed by atoms with van der Waals surface area (Å²) < 4.78 is 27.9. The lowest BCUT2D eigenvalue weighted by Gasteiger charge is -2.11. The zero-order valence-corrected chi connectivity index (χ0v) is 19.0. The van der Waals surface area contributed by atoms with Crippen LogP contribution in [-0.4, -0.2) is 42.9 Å². The number of aromatic nitrogens is 2. The summed E-state index contributed by atoms with van der Waals surface area (Å²) in [6.07, 6.45) is -2.83. The van der Waals surface area contributed by atoms with Crippen LogP contribution in [0.4, 0.5) is 4.39 Å². The lowest BCUT2D eigenvalue weighted by molar-refractivity contribution is -0.138. The Morgan fingerprint density at radius 2 is 1.79 bits per heavy atom.